The molecule has 0 aliphatic carbocycles. The summed E-state index contributed by atoms with van der Waals surface area (Å²) in [7, 11) is -3.80. The Balaban J connectivity index is 2.24. The summed E-state index contributed by atoms with van der Waals surface area (Å²) >= 11 is 5.71. The molecule has 3 N–H and O–H groups in total. The number of hydrazone groups is 1. The maximum absolute atomic E-state index is 12.2. The summed E-state index contributed by atoms with van der Waals surface area (Å²) in [5.41, 5.74) is 1.74. The molecular formula is C15H15ClN2O4S. The van der Waals surface area contributed by atoms with Gasteiger partial charge in [-0.15, -0.1) is 0 Å². The second kappa shape index (κ2) is 6.47. The molecule has 6 nitrogen and oxygen atoms in total. The molecule has 0 bridgehead atoms. The number of rotatable bonds is 4. The highest BCUT2D eigenvalue weighted by molar-refractivity contribution is 7.89. The summed E-state index contributed by atoms with van der Waals surface area (Å²) in [6, 6.07) is 7.63. The summed E-state index contributed by atoms with van der Waals surface area (Å²) < 4.78 is 24.5. The van der Waals surface area contributed by atoms with Gasteiger partial charge in [0.2, 0.25) is 0 Å². The van der Waals surface area contributed by atoms with Crippen LogP contribution in [0.3, 0.4) is 0 Å². The van der Waals surface area contributed by atoms with Crippen molar-refractivity contribution >= 4 is 27.8 Å². The predicted octanol–water partition coefficient (Wildman–Crippen LogP) is 2.68. The number of halogens is 1. The minimum atomic E-state index is -3.80. The molecule has 0 spiro atoms. The normalized spacial score (nSPS) is 11.8. The smallest absolute Gasteiger partial charge is 0.276 e. The molecule has 23 heavy (non-hydrogen) atoms. The standard InChI is InChI=1S/C15H15ClN2O4S/c1-9-3-4-10(2)14(5-9)23(21,22)18-17-8-11-6-12(16)15(20)13(19)7-11/h3-8,18-20H,1-2H3/b17-8+. The number of nitrogens with zero attached hydrogens (tertiary/aromatic N) is 1. The van der Waals surface area contributed by atoms with Crippen LogP contribution >= 0.6 is 11.6 Å². The van der Waals surface area contributed by atoms with E-state index in [-0.39, 0.29) is 9.92 Å². The number of aromatic hydroxyl groups is 2. The van der Waals surface area contributed by atoms with Crippen molar-refractivity contribution in [2.45, 2.75) is 18.7 Å². The van der Waals surface area contributed by atoms with E-state index >= 15 is 0 Å². The van der Waals surface area contributed by atoms with Crippen LogP contribution in [0.1, 0.15) is 16.7 Å². The van der Waals surface area contributed by atoms with E-state index in [0.29, 0.717) is 11.1 Å². The van der Waals surface area contributed by atoms with Gasteiger partial charge in [0.1, 0.15) is 0 Å². The first kappa shape index (κ1) is 17.1. The number of benzene rings is 2. The summed E-state index contributed by atoms with van der Waals surface area (Å²) in [4.78, 5) is 2.24. The van der Waals surface area contributed by atoms with Gasteiger partial charge in [-0.1, -0.05) is 23.7 Å². The highest BCUT2D eigenvalue weighted by atomic mass is 35.5. The van der Waals surface area contributed by atoms with Gasteiger partial charge in [-0.25, -0.2) is 4.83 Å². The van der Waals surface area contributed by atoms with Gasteiger partial charge < -0.3 is 10.2 Å². The minimum absolute atomic E-state index is 0.0659. The first-order chi connectivity index (χ1) is 10.7. The second-order valence-electron chi connectivity index (χ2n) is 4.99. The van der Waals surface area contributed by atoms with Gasteiger partial charge in [-0.2, -0.15) is 13.5 Å². The van der Waals surface area contributed by atoms with Crippen LogP contribution in [0.2, 0.25) is 5.02 Å². The first-order valence-corrected chi connectivity index (χ1v) is 8.40. The summed E-state index contributed by atoms with van der Waals surface area (Å²) in [6.07, 6.45) is 1.17. The number of hydrogen-bond acceptors (Lipinski definition) is 5. The lowest BCUT2D eigenvalue weighted by atomic mass is 10.2. The molecule has 0 unspecified atom stereocenters. The third-order valence-corrected chi connectivity index (χ3v) is 4.74. The van der Waals surface area contributed by atoms with Crippen molar-refractivity contribution in [2.75, 3.05) is 0 Å². The molecule has 0 saturated heterocycles. The molecule has 0 radical (unpaired) electrons. The van der Waals surface area contributed by atoms with Gasteiger partial charge in [0.25, 0.3) is 10.0 Å². The maximum Gasteiger partial charge on any atom is 0.276 e. The monoisotopic (exact) mass is 354 g/mol. The number of hydrogen-bond donors (Lipinski definition) is 3. The summed E-state index contributed by atoms with van der Waals surface area (Å²) in [5.74, 6) is -0.865. The van der Waals surface area contributed by atoms with Crippen LogP contribution < -0.4 is 4.83 Å². The molecule has 2 aromatic rings. The fraction of sp³-hybridized carbons (Fsp3) is 0.133. The molecule has 0 aliphatic heterocycles. The lowest BCUT2D eigenvalue weighted by Gasteiger charge is -2.07. The molecular weight excluding hydrogens is 340 g/mol. The zero-order valence-corrected chi connectivity index (χ0v) is 14.0. The molecule has 0 atom stereocenters. The van der Waals surface area contributed by atoms with Crippen molar-refractivity contribution in [2.24, 2.45) is 5.10 Å². The molecule has 0 aliphatic rings. The Kier molecular flexibility index (Phi) is 4.82. The van der Waals surface area contributed by atoms with Crippen LogP contribution in [-0.4, -0.2) is 24.8 Å². The first-order valence-electron chi connectivity index (χ1n) is 6.54. The topological polar surface area (TPSA) is 99.0 Å². The third-order valence-electron chi connectivity index (χ3n) is 3.09. The number of sulfonamides is 1. The highest BCUT2D eigenvalue weighted by Crippen LogP contribution is 2.33. The van der Waals surface area contributed by atoms with Gasteiger partial charge in [0.05, 0.1) is 16.1 Å². The largest absolute Gasteiger partial charge is 0.504 e. The molecule has 0 saturated carbocycles. The lowest BCUT2D eigenvalue weighted by molar-refractivity contribution is 0.404. The van der Waals surface area contributed by atoms with E-state index in [0.717, 1.165) is 5.56 Å². The number of phenolic OH excluding ortho intramolecular Hbond substituents is 2. The summed E-state index contributed by atoms with van der Waals surface area (Å²) in [6.45, 7) is 3.48. The van der Waals surface area contributed by atoms with Gasteiger partial charge in [-0.3, -0.25) is 0 Å². The van der Waals surface area contributed by atoms with E-state index in [1.165, 1.54) is 18.3 Å². The van der Waals surface area contributed by atoms with Crippen molar-refractivity contribution in [1.82, 2.24) is 4.83 Å². The van der Waals surface area contributed by atoms with E-state index in [2.05, 4.69) is 9.93 Å². The van der Waals surface area contributed by atoms with Crippen LogP contribution in [-0.2, 0) is 10.0 Å². The van der Waals surface area contributed by atoms with E-state index in [1.54, 1.807) is 26.0 Å². The second-order valence-corrected chi connectivity index (χ2v) is 7.03. The molecule has 2 rings (SSSR count). The molecule has 0 heterocycles. The fourth-order valence-corrected chi connectivity index (χ4v) is 3.24. The lowest BCUT2D eigenvalue weighted by Crippen LogP contribution is -2.19. The Morgan fingerprint density at radius 3 is 2.52 bits per heavy atom. The predicted molar refractivity (Wildman–Crippen MR) is 88.6 cm³/mol. The van der Waals surface area contributed by atoms with Crippen LogP contribution in [0.15, 0.2) is 40.3 Å². The third kappa shape index (κ3) is 3.94. The average Bonchev–Trinajstić information content (AvgIpc) is 2.47. The molecule has 8 heteroatoms. The van der Waals surface area contributed by atoms with Gasteiger partial charge in [-0.05, 0) is 48.7 Å². The zero-order chi connectivity index (χ0) is 17.2. The Bertz CT molecular complexity index is 856. The van der Waals surface area contributed by atoms with E-state index in [4.69, 9.17) is 11.6 Å². The van der Waals surface area contributed by atoms with Crippen molar-refractivity contribution in [3.63, 3.8) is 0 Å². The molecule has 0 aromatic heterocycles. The molecule has 2 aromatic carbocycles. The van der Waals surface area contributed by atoms with Crippen LogP contribution in [0, 0.1) is 13.8 Å². The van der Waals surface area contributed by atoms with Crippen LogP contribution in [0.5, 0.6) is 11.5 Å². The molecule has 0 fully saturated rings. The Labute approximate surface area is 139 Å². The van der Waals surface area contributed by atoms with Gasteiger partial charge in [0, 0.05) is 0 Å². The Morgan fingerprint density at radius 1 is 1.17 bits per heavy atom. The number of aryl methyl sites for hydroxylation is 2. The van der Waals surface area contributed by atoms with Gasteiger partial charge >= 0.3 is 0 Å². The quantitative estimate of drug-likeness (QED) is 0.446. The Hall–Kier alpha value is -2.25. The SMILES string of the molecule is Cc1ccc(C)c(S(=O)(=O)N/N=C/c2cc(O)c(O)c(Cl)c2)c1. The number of nitrogens with one attached hydrogen (secondary N) is 1. The van der Waals surface area contributed by atoms with Crippen molar-refractivity contribution in [3.8, 4) is 11.5 Å². The maximum atomic E-state index is 12.2. The zero-order valence-electron chi connectivity index (χ0n) is 12.4. The van der Waals surface area contributed by atoms with Gasteiger partial charge in [0.15, 0.2) is 11.5 Å². The van der Waals surface area contributed by atoms with Crippen LogP contribution in [0.4, 0.5) is 0 Å². The Morgan fingerprint density at radius 2 is 1.87 bits per heavy atom. The average molecular weight is 355 g/mol. The summed E-state index contributed by atoms with van der Waals surface area (Å²) in [5, 5.41) is 22.4. The van der Waals surface area contributed by atoms with E-state index in [9.17, 15) is 18.6 Å². The van der Waals surface area contributed by atoms with Crippen LogP contribution in [0.25, 0.3) is 0 Å². The minimum Gasteiger partial charge on any atom is -0.504 e. The van der Waals surface area contributed by atoms with E-state index in [1.807, 2.05) is 6.07 Å². The molecule has 0 amide bonds. The van der Waals surface area contributed by atoms with Crippen molar-refractivity contribution in [3.05, 3.63) is 52.0 Å². The van der Waals surface area contributed by atoms with Crippen molar-refractivity contribution in [1.29, 1.82) is 0 Å². The van der Waals surface area contributed by atoms with Crippen molar-refractivity contribution < 1.29 is 18.6 Å². The highest BCUT2D eigenvalue weighted by Gasteiger charge is 2.15. The molecule has 122 valence electrons. The van der Waals surface area contributed by atoms with E-state index < -0.39 is 21.5 Å². The fourth-order valence-electron chi connectivity index (χ4n) is 1.90. The number of phenols is 2.